The van der Waals surface area contributed by atoms with Gasteiger partial charge >= 0.3 is 0 Å². The van der Waals surface area contributed by atoms with Crippen molar-refractivity contribution < 1.29 is 9.59 Å². The van der Waals surface area contributed by atoms with Gasteiger partial charge in [0.1, 0.15) is 0 Å². The Hall–Kier alpha value is -3.31. The monoisotopic (exact) mass is 461 g/mol. The molecule has 1 heterocycles. The lowest BCUT2D eigenvalue weighted by Crippen LogP contribution is -2.36. The van der Waals surface area contributed by atoms with Crippen molar-refractivity contribution in [1.29, 1.82) is 0 Å². The van der Waals surface area contributed by atoms with Crippen molar-refractivity contribution in [1.82, 2.24) is 0 Å². The first kappa shape index (κ1) is 22.9. The van der Waals surface area contributed by atoms with Gasteiger partial charge in [-0.3, -0.25) is 9.59 Å². The van der Waals surface area contributed by atoms with Gasteiger partial charge in [-0.25, -0.2) is 0 Å². The molecule has 5 nitrogen and oxygen atoms in total. The molecule has 6 heteroatoms. The summed E-state index contributed by atoms with van der Waals surface area (Å²) in [6, 6.07) is 16.7. The molecule has 0 aromatic heterocycles. The van der Waals surface area contributed by atoms with Gasteiger partial charge in [-0.2, -0.15) is 0 Å². The molecule has 170 valence electrons. The number of fused-ring (bicyclic) bond motifs is 1. The van der Waals surface area contributed by atoms with Crippen LogP contribution in [0.4, 0.5) is 17.1 Å². The van der Waals surface area contributed by atoms with Gasteiger partial charge in [0.15, 0.2) is 0 Å². The Morgan fingerprint density at radius 2 is 1.73 bits per heavy atom. The number of carbonyl (C=O) groups excluding carboxylic acids is 2. The third-order valence-corrected chi connectivity index (χ3v) is 6.32. The fourth-order valence-electron chi connectivity index (χ4n) is 4.40. The molecule has 0 aliphatic carbocycles. The quantitative estimate of drug-likeness (QED) is 0.528. The fourth-order valence-corrected chi connectivity index (χ4v) is 4.61. The zero-order chi connectivity index (χ0) is 23.7. The third kappa shape index (κ3) is 4.60. The Kier molecular flexibility index (Phi) is 6.43. The zero-order valence-electron chi connectivity index (χ0n) is 19.4. The normalized spacial score (nSPS) is 12.8. The summed E-state index contributed by atoms with van der Waals surface area (Å²) in [6.45, 7) is 4.45. The molecule has 1 aliphatic heterocycles. The minimum absolute atomic E-state index is 0.0581. The van der Waals surface area contributed by atoms with Crippen LogP contribution < -0.4 is 15.1 Å². The first-order valence-electron chi connectivity index (χ1n) is 11.1. The standard InChI is InChI=1S/C27H28ClN3O2/c1-17-8-5-6-9-21(17)26(32)29-20-11-12-22(18(2)14-20)27(33)31-13-7-10-23-24(30(3)4)15-19(28)16-25(23)31/h5-6,8-9,11-12,14-16H,7,10,13H2,1-4H3,(H,29,32). The van der Waals surface area contributed by atoms with E-state index in [9.17, 15) is 9.59 Å². The predicted octanol–water partition coefficient (Wildman–Crippen LogP) is 5.87. The van der Waals surface area contributed by atoms with E-state index in [1.54, 1.807) is 18.2 Å². The number of benzene rings is 3. The smallest absolute Gasteiger partial charge is 0.258 e. The van der Waals surface area contributed by atoms with Gasteiger partial charge in [0.2, 0.25) is 0 Å². The maximum Gasteiger partial charge on any atom is 0.258 e. The molecule has 0 unspecified atom stereocenters. The number of aryl methyl sites for hydroxylation is 2. The topological polar surface area (TPSA) is 52.7 Å². The molecular formula is C27H28ClN3O2. The summed E-state index contributed by atoms with van der Waals surface area (Å²) >= 11 is 6.40. The van der Waals surface area contributed by atoms with Crippen LogP contribution in [0.25, 0.3) is 0 Å². The number of amides is 2. The van der Waals surface area contributed by atoms with Crippen LogP contribution in [0.5, 0.6) is 0 Å². The second-order valence-electron chi connectivity index (χ2n) is 8.68. The number of anilines is 3. The largest absolute Gasteiger partial charge is 0.377 e. The SMILES string of the molecule is Cc1ccccc1C(=O)Nc1ccc(C(=O)N2CCCc3c(N(C)C)cc(Cl)cc32)c(C)c1. The summed E-state index contributed by atoms with van der Waals surface area (Å²) in [7, 11) is 3.97. The number of nitrogens with zero attached hydrogens (tertiary/aromatic N) is 2. The van der Waals surface area contributed by atoms with Crippen LogP contribution in [0.15, 0.2) is 54.6 Å². The zero-order valence-corrected chi connectivity index (χ0v) is 20.2. The fraction of sp³-hybridized carbons (Fsp3) is 0.259. The predicted molar refractivity (Wildman–Crippen MR) is 136 cm³/mol. The van der Waals surface area contributed by atoms with Crippen molar-refractivity contribution in [2.75, 3.05) is 35.8 Å². The van der Waals surface area contributed by atoms with Gasteiger partial charge in [0.25, 0.3) is 11.8 Å². The number of carbonyl (C=O) groups is 2. The first-order chi connectivity index (χ1) is 15.8. The Labute approximate surface area is 200 Å². The van der Waals surface area contributed by atoms with Crippen LogP contribution in [0, 0.1) is 13.8 Å². The molecule has 3 aromatic carbocycles. The lowest BCUT2D eigenvalue weighted by Gasteiger charge is -2.33. The van der Waals surface area contributed by atoms with E-state index in [0.29, 0.717) is 28.4 Å². The highest BCUT2D eigenvalue weighted by Crippen LogP contribution is 2.38. The second-order valence-corrected chi connectivity index (χ2v) is 9.11. The number of rotatable bonds is 4. The molecule has 1 N–H and O–H groups in total. The second kappa shape index (κ2) is 9.28. The van der Waals surface area contributed by atoms with E-state index in [-0.39, 0.29) is 11.8 Å². The summed E-state index contributed by atoms with van der Waals surface area (Å²) in [4.78, 5) is 30.1. The molecule has 0 saturated heterocycles. The van der Waals surface area contributed by atoms with Gasteiger partial charge in [0.05, 0.1) is 5.69 Å². The molecule has 0 fully saturated rings. The molecule has 0 atom stereocenters. The van der Waals surface area contributed by atoms with Crippen LogP contribution in [-0.4, -0.2) is 32.5 Å². The molecule has 0 spiro atoms. The van der Waals surface area contributed by atoms with E-state index in [0.717, 1.165) is 40.9 Å². The highest BCUT2D eigenvalue weighted by molar-refractivity contribution is 6.31. The lowest BCUT2D eigenvalue weighted by molar-refractivity contribution is 0.0983. The minimum atomic E-state index is -0.164. The summed E-state index contributed by atoms with van der Waals surface area (Å²) in [5, 5.41) is 3.56. The molecular weight excluding hydrogens is 434 g/mol. The minimum Gasteiger partial charge on any atom is -0.377 e. The van der Waals surface area contributed by atoms with E-state index in [2.05, 4.69) is 5.32 Å². The van der Waals surface area contributed by atoms with Crippen molar-refractivity contribution in [3.8, 4) is 0 Å². The van der Waals surface area contributed by atoms with E-state index in [1.165, 1.54) is 0 Å². The van der Waals surface area contributed by atoms with Crippen molar-refractivity contribution >= 4 is 40.5 Å². The Balaban J connectivity index is 1.61. The Bertz CT molecular complexity index is 1240. The van der Waals surface area contributed by atoms with Crippen LogP contribution in [-0.2, 0) is 6.42 Å². The van der Waals surface area contributed by atoms with Crippen molar-refractivity contribution in [2.24, 2.45) is 0 Å². The number of hydrogen-bond acceptors (Lipinski definition) is 3. The lowest BCUT2D eigenvalue weighted by atomic mass is 9.97. The molecule has 0 bridgehead atoms. The van der Waals surface area contributed by atoms with Crippen LogP contribution in [0.2, 0.25) is 5.02 Å². The van der Waals surface area contributed by atoms with E-state index >= 15 is 0 Å². The van der Waals surface area contributed by atoms with Crippen molar-refractivity contribution in [2.45, 2.75) is 26.7 Å². The van der Waals surface area contributed by atoms with Crippen LogP contribution >= 0.6 is 11.6 Å². The number of halogens is 1. The summed E-state index contributed by atoms with van der Waals surface area (Å²) in [5.74, 6) is -0.223. The molecule has 3 aromatic rings. The highest BCUT2D eigenvalue weighted by Gasteiger charge is 2.27. The summed E-state index contributed by atoms with van der Waals surface area (Å²) in [6.07, 6.45) is 1.80. The molecule has 4 rings (SSSR count). The molecule has 33 heavy (non-hydrogen) atoms. The van der Waals surface area contributed by atoms with E-state index in [1.807, 2.05) is 74.1 Å². The van der Waals surface area contributed by atoms with Gasteiger partial charge in [-0.1, -0.05) is 29.8 Å². The molecule has 1 aliphatic rings. The highest BCUT2D eigenvalue weighted by atomic mass is 35.5. The van der Waals surface area contributed by atoms with E-state index in [4.69, 9.17) is 11.6 Å². The molecule has 0 radical (unpaired) electrons. The molecule has 2 amide bonds. The maximum absolute atomic E-state index is 13.6. The van der Waals surface area contributed by atoms with Gasteiger partial charge in [-0.15, -0.1) is 0 Å². The van der Waals surface area contributed by atoms with Crippen molar-refractivity contribution in [3.05, 3.63) is 87.4 Å². The summed E-state index contributed by atoms with van der Waals surface area (Å²) in [5.41, 5.74) is 6.69. The third-order valence-electron chi connectivity index (χ3n) is 6.10. The average molecular weight is 462 g/mol. The average Bonchev–Trinajstić information content (AvgIpc) is 2.78. The van der Waals surface area contributed by atoms with Crippen molar-refractivity contribution in [3.63, 3.8) is 0 Å². The Morgan fingerprint density at radius 3 is 2.42 bits per heavy atom. The molecule has 0 saturated carbocycles. The number of hydrogen-bond donors (Lipinski definition) is 1. The first-order valence-corrected chi connectivity index (χ1v) is 11.4. The van der Waals surface area contributed by atoms with Crippen LogP contribution in [0.1, 0.15) is 43.8 Å². The Morgan fingerprint density at radius 1 is 0.970 bits per heavy atom. The summed E-state index contributed by atoms with van der Waals surface area (Å²) < 4.78 is 0. The van der Waals surface area contributed by atoms with Gasteiger partial charge < -0.3 is 15.1 Å². The maximum atomic E-state index is 13.6. The van der Waals surface area contributed by atoms with Gasteiger partial charge in [0, 0.05) is 48.2 Å². The van der Waals surface area contributed by atoms with E-state index < -0.39 is 0 Å². The van der Waals surface area contributed by atoms with Gasteiger partial charge in [-0.05, 0) is 79.8 Å². The van der Waals surface area contributed by atoms with Crippen LogP contribution in [0.3, 0.4) is 0 Å². The number of nitrogens with one attached hydrogen (secondary N) is 1.